The first-order chi connectivity index (χ1) is 10.1. The average Bonchev–Trinajstić information content (AvgIpc) is 2.53. The van der Waals surface area contributed by atoms with Crippen LogP contribution in [-0.2, 0) is 21.2 Å². The fraction of sp³-hybridized carbons (Fsp3) is 0.600. The van der Waals surface area contributed by atoms with Crippen LogP contribution in [0.1, 0.15) is 18.9 Å². The average molecular weight is 313 g/mol. The summed E-state index contributed by atoms with van der Waals surface area (Å²) in [5.74, 6) is 0. The highest BCUT2D eigenvalue weighted by Crippen LogP contribution is 2.10. The van der Waals surface area contributed by atoms with E-state index in [9.17, 15) is 8.42 Å². The molecule has 0 bridgehead atoms. The number of aryl methyl sites for hydroxylation is 1. The van der Waals surface area contributed by atoms with Crippen LogP contribution in [0.2, 0.25) is 0 Å². The van der Waals surface area contributed by atoms with Crippen LogP contribution in [0.4, 0.5) is 0 Å². The molecule has 1 aliphatic rings. The van der Waals surface area contributed by atoms with Crippen molar-refractivity contribution >= 4 is 10.0 Å². The molecule has 1 fully saturated rings. The van der Waals surface area contributed by atoms with E-state index >= 15 is 0 Å². The van der Waals surface area contributed by atoms with Crippen molar-refractivity contribution in [3.63, 3.8) is 0 Å². The summed E-state index contributed by atoms with van der Waals surface area (Å²) in [6.45, 7) is 7.19. The number of benzene rings is 1. The molecule has 2 rings (SSSR count). The summed E-state index contributed by atoms with van der Waals surface area (Å²) in [5, 5.41) is 0. The maximum absolute atomic E-state index is 12.1. The zero-order valence-electron chi connectivity index (χ0n) is 12.6. The Morgan fingerprint density at radius 1 is 1.19 bits per heavy atom. The number of hydrogen-bond donors (Lipinski definition) is 2. The molecule has 1 heterocycles. The number of sulfonamides is 1. The van der Waals surface area contributed by atoms with Crippen LogP contribution in [0.3, 0.4) is 0 Å². The molecular formula is C15H25N2O3S+. The lowest BCUT2D eigenvalue weighted by molar-refractivity contribution is -0.908. The number of nitrogens with one attached hydrogen (secondary N) is 2. The zero-order chi connectivity index (χ0) is 15.1. The number of hydrogen-bond acceptors (Lipinski definition) is 3. The molecule has 1 saturated heterocycles. The molecule has 118 valence electrons. The van der Waals surface area contributed by atoms with Gasteiger partial charge in [0.25, 0.3) is 0 Å². The Bertz CT molecular complexity index is 522. The fourth-order valence-electron chi connectivity index (χ4n) is 2.44. The highest BCUT2D eigenvalue weighted by atomic mass is 32.2. The van der Waals surface area contributed by atoms with Gasteiger partial charge in [-0.3, -0.25) is 0 Å². The van der Waals surface area contributed by atoms with Crippen molar-refractivity contribution in [2.45, 2.75) is 24.7 Å². The van der Waals surface area contributed by atoms with Crippen LogP contribution in [0.5, 0.6) is 0 Å². The molecule has 0 aromatic heterocycles. The molecule has 0 atom stereocenters. The lowest BCUT2D eigenvalue weighted by Crippen LogP contribution is -3.14. The van der Waals surface area contributed by atoms with Gasteiger partial charge in [0.1, 0.15) is 13.1 Å². The van der Waals surface area contributed by atoms with E-state index in [1.807, 2.05) is 12.1 Å². The maximum atomic E-state index is 12.1. The molecule has 0 saturated carbocycles. The van der Waals surface area contributed by atoms with Gasteiger partial charge in [0.15, 0.2) is 0 Å². The largest absolute Gasteiger partial charge is 0.370 e. The highest BCUT2D eigenvalue weighted by molar-refractivity contribution is 7.89. The third kappa shape index (κ3) is 5.07. The van der Waals surface area contributed by atoms with E-state index in [-0.39, 0.29) is 0 Å². The van der Waals surface area contributed by atoms with Crippen molar-refractivity contribution in [3.8, 4) is 0 Å². The number of rotatable bonds is 7. The summed E-state index contributed by atoms with van der Waals surface area (Å²) >= 11 is 0. The van der Waals surface area contributed by atoms with E-state index < -0.39 is 10.0 Å². The van der Waals surface area contributed by atoms with Gasteiger partial charge in [-0.2, -0.15) is 0 Å². The molecular weight excluding hydrogens is 288 g/mol. The van der Waals surface area contributed by atoms with Gasteiger partial charge in [0, 0.05) is 13.0 Å². The van der Waals surface area contributed by atoms with Crippen molar-refractivity contribution in [1.82, 2.24) is 4.72 Å². The van der Waals surface area contributed by atoms with Gasteiger partial charge in [-0.15, -0.1) is 0 Å². The first-order valence-electron chi connectivity index (χ1n) is 7.62. The van der Waals surface area contributed by atoms with Crippen LogP contribution in [0.25, 0.3) is 0 Å². The Balaban J connectivity index is 1.77. The quantitative estimate of drug-likeness (QED) is 0.687. The molecule has 0 aliphatic carbocycles. The van der Waals surface area contributed by atoms with Crippen LogP contribution >= 0.6 is 0 Å². The normalized spacial score (nSPS) is 17.0. The molecule has 6 heteroatoms. The SMILES string of the molecule is CCc1ccc(S(=O)(=O)NCCC[NH+]2CCOCC2)cc1. The minimum atomic E-state index is -3.37. The Hall–Kier alpha value is -0.950. The predicted molar refractivity (Wildman–Crippen MR) is 82.0 cm³/mol. The Kier molecular flexibility index (Phi) is 6.17. The van der Waals surface area contributed by atoms with E-state index in [1.54, 1.807) is 12.1 Å². The molecule has 1 aromatic carbocycles. The summed E-state index contributed by atoms with van der Waals surface area (Å²) in [7, 11) is -3.37. The van der Waals surface area contributed by atoms with Gasteiger partial charge < -0.3 is 9.64 Å². The van der Waals surface area contributed by atoms with Gasteiger partial charge in [-0.05, 0) is 24.1 Å². The standard InChI is InChI=1S/C15H24N2O3S/c1-2-14-4-6-15(7-5-14)21(18,19)16-8-3-9-17-10-12-20-13-11-17/h4-7,16H,2-3,8-13H2,1H3/p+1. The van der Waals surface area contributed by atoms with E-state index in [1.165, 1.54) is 4.90 Å². The lowest BCUT2D eigenvalue weighted by Gasteiger charge is -2.23. The smallest absolute Gasteiger partial charge is 0.240 e. The molecule has 1 aromatic rings. The lowest BCUT2D eigenvalue weighted by atomic mass is 10.2. The number of quaternary nitrogens is 1. The van der Waals surface area contributed by atoms with Crippen molar-refractivity contribution < 1.29 is 18.1 Å². The zero-order valence-corrected chi connectivity index (χ0v) is 13.4. The summed E-state index contributed by atoms with van der Waals surface area (Å²) < 4.78 is 32.3. The van der Waals surface area contributed by atoms with Gasteiger partial charge >= 0.3 is 0 Å². The van der Waals surface area contributed by atoms with Crippen molar-refractivity contribution in [2.75, 3.05) is 39.4 Å². The van der Waals surface area contributed by atoms with E-state index in [4.69, 9.17) is 4.74 Å². The minimum Gasteiger partial charge on any atom is -0.370 e. The van der Waals surface area contributed by atoms with Crippen molar-refractivity contribution in [2.24, 2.45) is 0 Å². The van der Waals surface area contributed by atoms with E-state index in [0.29, 0.717) is 11.4 Å². The number of ether oxygens (including phenoxy) is 1. The van der Waals surface area contributed by atoms with Gasteiger partial charge in [-0.1, -0.05) is 19.1 Å². The third-order valence-electron chi connectivity index (χ3n) is 3.84. The summed E-state index contributed by atoms with van der Waals surface area (Å²) in [4.78, 5) is 1.84. The monoisotopic (exact) mass is 313 g/mol. The molecule has 1 aliphatic heterocycles. The molecule has 0 amide bonds. The maximum Gasteiger partial charge on any atom is 0.240 e. The first-order valence-corrected chi connectivity index (χ1v) is 9.10. The Morgan fingerprint density at radius 2 is 1.86 bits per heavy atom. The molecule has 21 heavy (non-hydrogen) atoms. The highest BCUT2D eigenvalue weighted by Gasteiger charge is 2.15. The van der Waals surface area contributed by atoms with Gasteiger partial charge in [-0.25, -0.2) is 13.1 Å². The molecule has 5 nitrogen and oxygen atoms in total. The van der Waals surface area contributed by atoms with E-state index in [0.717, 1.165) is 51.3 Å². The van der Waals surface area contributed by atoms with Crippen LogP contribution in [0, 0.1) is 0 Å². The second-order valence-corrected chi connectivity index (χ2v) is 7.13. The predicted octanol–water partition coefficient (Wildman–Crippen LogP) is -0.167. The van der Waals surface area contributed by atoms with Crippen LogP contribution in [0.15, 0.2) is 29.2 Å². The first kappa shape index (κ1) is 16.4. The fourth-order valence-corrected chi connectivity index (χ4v) is 3.52. The van der Waals surface area contributed by atoms with Crippen LogP contribution in [-0.4, -0.2) is 47.8 Å². The minimum absolute atomic E-state index is 0.346. The molecule has 0 radical (unpaired) electrons. The third-order valence-corrected chi connectivity index (χ3v) is 5.32. The second kappa shape index (κ2) is 7.89. The number of morpholine rings is 1. The summed E-state index contributed by atoms with van der Waals surface area (Å²) in [6, 6.07) is 7.08. The topological polar surface area (TPSA) is 59.8 Å². The van der Waals surface area contributed by atoms with E-state index in [2.05, 4.69) is 11.6 Å². The van der Waals surface area contributed by atoms with Gasteiger partial charge in [0.05, 0.1) is 24.7 Å². The summed E-state index contributed by atoms with van der Waals surface area (Å²) in [5.41, 5.74) is 1.14. The van der Waals surface area contributed by atoms with Crippen molar-refractivity contribution in [3.05, 3.63) is 29.8 Å². The Morgan fingerprint density at radius 3 is 2.48 bits per heavy atom. The molecule has 0 spiro atoms. The second-order valence-electron chi connectivity index (χ2n) is 5.36. The Labute approximate surface area is 127 Å². The molecule has 2 N–H and O–H groups in total. The van der Waals surface area contributed by atoms with Crippen LogP contribution < -0.4 is 9.62 Å². The van der Waals surface area contributed by atoms with Crippen molar-refractivity contribution in [1.29, 1.82) is 0 Å². The van der Waals surface area contributed by atoms with Gasteiger partial charge in [0.2, 0.25) is 10.0 Å². The summed E-state index contributed by atoms with van der Waals surface area (Å²) in [6.07, 6.45) is 1.76. The molecule has 0 unspecified atom stereocenters.